The molecule has 3 aromatic rings. The van der Waals surface area contributed by atoms with Crippen molar-refractivity contribution in [1.29, 1.82) is 5.26 Å². The number of nitrogens with one attached hydrogen (secondary N) is 1. The van der Waals surface area contributed by atoms with Crippen LogP contribution in [0.1, 0.15) is 23.0 Å². The van der Waals surface area contributed by atoms with E-state index in [9.17, 15) is 4.79 Å². The molecule has 1 fully saturated rings. The topological polar surface area (TPSA) is 99.3 Å². The molecule has 2 amide bonds. The lowest BCUT2D eigenvalue weighted by atomic mass is 10.1. The average molecular weight is 432 g/mol. The van der Waals surface area contributed by atoms with Gasteiger partial charge in [-0.15, -0.1) is 0 Å². The zero-order valence-corrected chi connectivity index (χ0v) is 18.1. The van der Waals surface area contributed by atoms with E-state index in [1.54, 1.807) is 36.5 Å². The van der Waals surface area contributed by atoms with Crippen molar-refractivity contribution < 1.29 is 9.53 Å². The van der Waals surface area contributed by atoms with E-state index >= 15 is 0 Å². The van der Waals surface area contributed by atoms with Gasteiger partial charge < -0.3 is 24.4 Å². The molecular weight excluding hydrogens is 406 g/mol. The SMILES string of the molecule is COc1cccc(C(NC(=O)N2CCN(c3cc(C#N)ccn3)CC2)c2nccn2C)c1. The number of aromatic nitrogens is 3. The maximum absolute atomic E-state index is 13.2. The van der Waals surface area contributed by atoms with Gasteiger partial charge in [-0.3, -0.25) is 0 Å². The number of methoxy groups -OCH3 is 1. The van der Waals surface area contributed by atoms with Gasteiger partial charge >= 0.3 is 6.03 Å². The Morgan fingerprint density at radius 1 is 1.16 bits per heavy atom. The van der Waals surface area contributed by atoms with Crippen molar-refractivity contribution in [2.75, 3.05) is 38.2 Å². The molecule has 0 aliphatic carbocycles. The van der Waals surface area contributed by atoms with Gasteiger partial charge in [0, 0.05) is 51.8 Å². The molecule has 2 aromatic heterocycles. The van der Waals surface area contributed by atoms with Crippen LogP contribution in [-0.2, 0) is 7.05 Å². The molecule has 1 unspecified atom stereocenters. The Balaban J connectivity index is 1.47. The lowest BCUT2D eigenvalue weighted by Crippen LogP contribution is -2.52. The van der Waals surface area contributed by atoms with Gasteiger partial charge in [-0.2, -0.15) is 5.26 Å². The first-order valence-corrected chi connectivity index (χ1v) is 10.4. The number of nitriles is 1. The summed E-state index contributed by atoms with van der Waals surface area (Å²) in [5.74, 6) is 2.21. The maximum atomic E-state index is 13.2. The molecule has 1 saturated heterocycles. The first-order valence-electron chi connectivity index (χ1n) is 10.4. The summed E-state index contributed by atoms with van der Waals surface area (Å²) in [6, 6.07) is 12.7. The number of benzene rings is 1. The summed E-state index contributed by atoms with van der Waals surface area (Å²) >= 11 is 0. The smallest absolute Gasteiger partial charge is 0.318 e. The summed E-state index contributed by atoms with van der Waals surface area (Å²) in [6.07, 6.45) is 5.21. The molecule has 0 spiro atoms. The quantitative estimate of drug-likeness (QED) is 0.666. The van der Waals surface area contributed by atoms with Crippen LogP contribution in [0.15, 0.2) is 55.0 Å². The number of carbonyl (C=O) groups excluding carboxylic acids is 1. The molecule has 1 N–H and O–H groups in total. The van der Waals surface area contributed by atoms with Crippen LogP contribution >= 0.6 is 0 Å². The number of rotatable bonds is 5. The van der Waals surface area contributed by atoms with Crippen LogP contribution in [0.5, 0.6) is 5.75 Å². The monoisotopic (exact) mass is 431 g/mol. The van der Waals surface area contributed by atoms with Crippen LogP contribution in [0.3, 0.4) is 0 Å². The fourth-order valence-corrected chi connectivity index (χ4v) is 3.79. The van der Waals surface area contributed by atoms with Crippen molar-refractivity contribution in [3.63, 3.8) is 0 Å². The number of pyridine rings is 1. The highest BCUT2D eigenvalue weighted by Crippen LogP contribution is 2.25. The van der Waals surface area contributed by atoms with E-state index in [0.29, 0.717) is 31.7 Å². The maximum Gasteiger partial charge on any atom is 0.318 e. The molecule has 1 aromatic carbocycles. The van der Waals surface area contributed by atoms with Crippen molar-refractivity contribution >= 4 is 11.8 Å². The van der Waals surface area contributed by atoms with Gasteiger partial charge in [0.1, 0.15) is 23.4 Å². The summed E-state index contributed by atoms with van der Waals surface area (Å²) in [5.41, 5.74) is 1.47. The number of anilines is 1. The van der Waals surface area contributed by atoms with Crippen LogP contribution in [0.25, 0.3) is 0 Å². The average Bonchev–Trinajstić information content (AvgIpc) is 3.28. The molecule has 1 aliphatic rings. The van der Waals surface area contributed by atoms with Crippen LogP contribution in [0.2, 0.25) is 0 Å². The molecule has 9 nitrogen and oxygen atoms in total. The summed E-state index contributed by atoms with van der Waals surface area (Å²) < 4.78 is 7.26. The van der Waals surface area contributed by atoms with Crippen molar-refractivity contribution in [2.45, 2.75) is 6.04 Å². The van der Waals surface area contributed by atoms with Crippen molar-refractivity contribution in [2.24, 2.45) is 7.05 Å². The number of carbonyl (C=O) groups is 1. The van der Waals surface area contributed by atoms with E-state index in [-0.39, 0.29) is 6.03 Å². The van der Waals surface area contributed by atoms with Gasteiger partial charge in [0.25, 0.3) is 0 Å². The van der Waals surface area contributed by atoms with E-state index in [0.717, 1.165) is 23.0 Å². The number of nitrogens with zero attached hydrogens (tertiary/aromatic N) is 6. The lowest BCUT2D eigenvalue weighted by molar-refractivity contribution is 0.191. The van der Waals surface area contributed by atoms with Crippen LogP contribution in [0, 0.1) is 11.3 Å². The summed E-state index contributed by atoms with van der Waals surface area (Å²) in [6.45, 7) is 2.38. The molecule has 1 aliphatic heterocycles. The fourth-order valence-electron chi connectivity index (χ4n) is 3.79. The largest absolute Gasteiger partial charge is 0.497 e. The second-order valence-electron chi connectivity index (χ2n) is 7.54. The Morgan fingerprint density at radius 2 is 1.97 bits per heavy atom. The minimum absolute atomic E-state index is 0.154. The van der Waals surface area contributed by atoms with Gasteiger partial charge in [0.15, 0.2) is 0 Å². The van der Waals surface area contributed by atoms with E-state index in [2.05, 4.69) is 26.3 Å². The fraction of sp³-hybridized carbons (Fsp3) is 0.304. The third-order valence-corrected chi connectivity index (χ3v) is 5.58. The van der Waals surface area contributed by atoms with Gasteiger partial charge in [0.05, 0.1) is 18.7 Å². The number of amides is 2. The van der Waals surface area contributed by atoms with Gasteiger partial charge in [-0.25, -0.2) is 14.8 Å². The Kier molecular flexibility index (Phi) is 6.22. The molecule has 9 heteroatoms. The Labute approximate surface area is 186 Å². The number of imidazole rings is 1. The highest BCUT2D eigenvalue weighted by Gasteiger charge is 2.27. The summed E-state index contributed by atoms with van der Waals surface area (Å²) in [7, 11) is 3.52. The molecule has 0 bridgehead atoms. The minimum Gasteiger partial charge on any atom is -0.497 e. The Hall–Kier alpha value is -4.06. The zero-order valence-electron chi connectivity index (χ0n) is 18.1. The van der Waals surface area contributed by atoms with Crippen molar-refractivity contribution in [3.05, 3.63) is 71.9 Å². The molecule has 4 rings (SSSR count). The highest BCUT2D eigenvalue weighted by atomic mass is 16.5. The van der Waals surface area contributed by atoms with Crippen molar-refractivity contribution in [1.82, 2.24) is 24.8 Å². The van der Waals surface area contributed by atoms with Gasteiger partial charge in [-0.05, 0) is 29.8 Å². The van der Waals surface area contributed by atoms with Crippen molar-refractivity contribution in [3.8, 4) is 11.8 Å². The Morgan fingerprint density at radius 3 is 2.66 bits per heavy atom. The van der Waals surface area contributed by atoms with E-state index in [4.69, 9.17) is 10.00 Å². The Bertz CT molecular complexity index is 1130. The normalized spacial score (nSPS) is 14.5. The number of hydrogen-bond donors (Lipinski definition) is 1. The second-order valence-corrected chi connectivity index (χ2v) is 7.54. The molecular formula is C23H25N7O2. The number of piperazine rings is 1. The minimum atomic E-state index is -0.412. The predicted molar refractivity (Wildman–Crippen MR) is 119 cm³/mol. The van der Waals surface area contributed by atoms with Crippen LogP contribution in [-0.4, -0.2) is 58.8 Å². The highest BCUT2D eigenvalue weighted by molar-refractivity contribution is 5.75. The molecule has 1 atom stereocenters. The number of hydrogen-bond acceptors (Lipinski definition) is 6. The molecule has 164 valence electrons. The zero-order chi connectivity index (χ0) is 22.5. The molecule has 3 heterocycles. The number of urea groups is 1. The number of ether oxygens (including phenoxy) is 1. The summed E-state index contributed by atoms with van der Waals surface area (Å²) in [5, 5.41) is 12.3. The van der Waals surface area contributed by atoms with E-state index in [1.165, 1.54) is 0 Å². The molecule has 0 radical (unpaired) electrons. The third kappa shape index (κ3) is 4.49. The first kappa shape index (κ1) is 21.2. The third-order valence-electron chi connectivity index (χ3n) is 5.58. The van der Waals surface area contributed by atoms with Crippen LogP contribution < -0.4 is 15.0 Å². The molecule has 0 saturated carbocycles. The van der Waals surface area contributed by atoms with Gasteiger partial charge in [-0.1, -0.05) is 12.1 Å². The molecule has 32 heavy (non-hydrogen) atoms. The first-order chi connectivity index (χ1) is 15.6. The number of aryl methyl sites for hydroxylation is 1. The summed E-state index contributed by atoms with van der Waals surface area (Å²) in [4.78, 5) is 25.9. The van der Waals surface area contributed by atoms with Crippen LogP contribution in [0.4, 0.5) is 10.6 Å². The van der Waals surface area contributed by atoms with Gasteiger partial charge in [0.2, 0.25) is 0 Å². The van der Waals surface area contributed by atoms with E-state index in [1.807, 2.05) is 42.1 Å². The second kappa shape index (κ2) is 9.39. The standard InChI is InChI=1S/C23H25N7O2/c1-28-9-8-26-22(28)21(18-4-3-5-19(15-18)32-2)27-23(31)30-12-10-29(11-13-30)20-14-17(16-24)6-7-25-20/h3-9,14-15,21H,10-13H2,1-2H3,(H,27,31). The van der Waals surface area contributed by atoms with E-state index < -0.39 is 6.04 Å². The lowest BCUT2D eigenvalue weighted by Gasteiger charge is -2.36. The predicted octanol–water partition coefficient (Wildman–Crippen LogP) is 2.32.